The minimum absolute atomic E-state index is 0.183. The summed E-state index contributed by atoms with van der Waals surface area (Å²) < 4.78 is 19.7. The number of hydrogen-bond acceptors (Lipinski definition) is 5. The Labute approximate surface area is 186 Å². The minimum atomic E-state index is -0.183. The molecule has 0 aliphatic carbocycles. The molecule has 160 valence electrons. The second-order valence-corrected chi connectivity index (χ2v) is 8.69. The SMILES string of the molecule is C/C(=N\OCc1ccncc1)c1ccc(Sc2cc(F)cc(C3CCOCC3)c2)cc1. The summed E-state index contributed by atoms with van der Waals surface area (Å²) in [6.45, 7) is 3.82. The summed E-state index contributed by atoms with van der Waals surface area (Å²) in [5.41, 5.74) is 3.88. The highest BCUT2D eigenvalue weighted by atomic mass is 32.2. The molecule has 0 radical (unpaired) electrons. The Morgan fingerprint density at radius 2 is 1.81 bits per heavy atom. The Kier molecular flexibility index (Phi) is 7.33. The largest absolute Gasteiger partial charge is 0.391 e. The van der Waals surface area contributed by atoms with Gasteiger partial charge in [-0.15, -0.1) is 0 Å². The zero-order chi connectivity index (χ0) is 21.5. The summed E-state index contributed by atoms with van der Waals surface area (Å²) in [5.74, 6) is 0.189. The Bertz CT molecular complexity index is 1020. The van der Waals surface area contributed by atoms with Crippen LogP contribution in [0.4, 0.5) is 4.39 Å². The monoisotopic (exact) mass is 436 g/mol. The molecule has 1 aromatic heterocycles. The predicted molar refractivity (Wildman–Crippen MR) is 121 cm³/mol. The lowest BCUT2D eigenvalue weighted by Gasteiger charge is -2.22. The third-order valence-electron chi connectivity index (χ3n) is 5.28. The van der Waals surface area contributed by atoms with Crippen LogP contribution in [0.2, 0.25) is 0 Å². The molecule has 0 unspecified atom stereocenters. The maximum Gasteiger partial charge on any atom is 0.142 e. The van der Waals surface area contributed by atoms with Crippen LogP contribution in [-0.2, 0) is 16.2 Å². The van der Waals surface area contributed by atoms with Crippen LogP contribution >= 0.6 is 11.8 Å². The van der Waals surface area contributed by atoms with Gasteiger partial charge >= 0.3 is 0 Å². The van der Waals surface area contributed by atoms with Crippen molar-refractivity contribution in [3.05, 3.63) is 89.5 Å². The van der Waals surface area contributed by atoms with E-state index >= 15 is 0 Å². The highest BCUT2D eigenvalue weighted by Gasteiger charge is 2.17. The number of nitrogens with zero attached hydrogens (tertiary/aromatic N) is 2. The van der Waals surface area contributed by atoms with Gasteiger partial charge in [0.2, 0.25) is 0 Å². The summed E-state index contributed by atoms with van der Waals surface area (Å²) in [6.07, 6.45) is 5.36. The van der Waals surface area contributed by atoms with E-state index in [1.54, 1.807) is 36.3 Å². The van der Waals surface area contributed by atoms with Crippen molar-refractivity contribution in [3.63, 3.8) is 0 Å². The zero-order valence-electron chi connectivity index (χ0n) is 17.5. The smallest absolute Gasteiger partial charge is 0.142 e. The van der Waals surface area contributed by atoms with Crippen molar-refractivity contribution in [2.45, 2.75) is 42.1 Å². The van der Waals surface area contributed by atoms with Gasteiger partial charge in [0.1, 0.15) is 12.4 Å². The molecule has 4 nitrogen and oxygen atoms in total. The molecule has 1 aliphatic heterocycles. The molecule has 4 rings (SSSR count). The fourth-order valence-electron chi connectivity index (χ4n) is 3.55. The number of pyridine rings is 1. The molecule has 0 bridgehead atoms. The average molecular weight is 437 g/mol. The molecule has 6 heteroatoms. The highest BCUT2D eigenvalue weighted by Crippen LogP contribution is 2.34. The number of hydrogen-bond donors (Lipinski definition) is 0. The third kappa shape index (κ3) is 6.15. The van der Waals surface area contributed by atoms with E-state index in [1.807, 2.05) is 43.3 Å². The molecule has 0 saturated carbocycles. The van der Waals surface area contributed by atoms with Gasteiger partial charge in [0.25, 0.3) is 0 Å². The predicted octanol–water partition coefficient (Wildman–Crippen LogP) is 6.21. The fourth-order valence-corrected chi connectivity index (χ4v) is 4.46. The van der Waals surface area contributed by atoms with E-state index in [0.29, 0.717) is 12.5 Å². The van der Waals surface area contributed by atoms with E-state index < -0.39 is 0 Å². The van der Waals surface area contributed by atoms with Gasteiger partial charge in [-0.1, -0.05) is 29.1 Å². The molecule has 31 heavy (non-hydrogen) atoms. The Morgan fingerprint density at radius 1 is 1.06 bits per heavy atom. The number of oxime groups is 1. The maximum absolute atomic E-state index is 14.2. The molecule has 2 aromatic carbocycles. The van der Waals surface area contributed by atoms with Crippen molar-refractivity contribution < 1.29 is 14.0 Å². The van der Waals surface area contributed by atoms with Gasteiger partial charge in [-0.2, -0.15) is 0 Å². The van der Waals surface area contributed by atoms with E-state index in [0.717, 1.165) is 58.2 Å². The van der Waals surface area contributed by atoms with Crippen LogP contribution in [-0.4, -0.2) is 23.9 Å². The summed E-state index contributed by atoms with van der Waals surface area (Å²) in [6, 6.07) is 17.2. The van der Waals surface area contributed by atoms with E-state index in [1.165, 1.54) is 0 Å². The lowest BCUT2D eigenvalue weighted by Crippen LogP contribution is -2.14. The standard InChI is InChI=1S/C25H25FN2O2S/c1-18(28-30-17-19-6-10-27-11-7-19)20-2-4-24(5-3-20)31-25-15-22(14-23(26)16-25)21-8-12-29-13-9-21/h2-7,10-11,14-16,21H,8-9,12-13,17H2,1H3/b28-18+. The van der Waals surface area contributed by atoms with E-state index in [2.05, 4.69) is 16.2 Å². The summed E-state index contributed by atoms with van der Waals surface area (Å²) in [5, 5.41) is 4.21. The van der Waals surface area contributed by atoms with Gasteiger partial charge in [-0.25, -0.2) is 4.39 Å². The van der Waals surface area contributed by atoms with Crippen molar-refractivity contribution in [2.24, 2.45) is 5.16 Å². The van der Waals surface area contributed by atoms with Gasteiger partial charge in [0.05, 0.1) is 5.71 Å². The van der Waals surface area contributed by atoms with Crippen LogP contribution in [0, 0.1) is 5.82 Å². The Balaban J connectivity index is 1.39. The van der Waals surface area contributed by atoms with Gasteiger partial charge < -0.3 is 9.57 Å². The van der Waals surface area contributed by atoms with Crippen molar-refractivity contribution in [2.75, 3.05) is 13.2 Å². The molecule has 2 heterocycles. The fraction of sp³-hybridized carbons (Fsp3) is 0.280. The third-order valence-corrected chi connectivity index (χ3v) is 6.26. The van der Waals surface area contributed by atoms with Crippen LogP contribution in [0.5, 0.6) is 0 Å². The van der Waals surface area contributed by atoms with Gasteiger partial charge in [-0.3, -0.25) is 4.98 Å². The molecule has 0 amide bonds. The Hall–Kier alpha value is -2.70. The normalized spacial score (nSPS) is 15.1. The molecule has 1 saturated heterocycles. The first-order valence-electron chi connectivity index (χ1n) is 10.4. The molecule has 1 aliphatic rings. The average Bonchev–Trinajstić information content (AvgIpc) is 2.80. The van der Waals surface area contributed by atoms with E-state index in [9.17, 15) is 4.39 Å². The number of rotatable bonds is 7. The minimum Gasteiger partial charge on any atom is -0.391 e. The molecular formula is C25H25FN2O2S. The first kappa shape index (κ1) is 21.5. The van der Waals surface area contributed by atoms with E-state index in [-0.39, 0.29) is 5.82 Å². The summed E-state index contributed by atoms with van der Waals surface area (Å²) in [4.78, 5) is 11.4. The second-order valence-electron chi connectivity index (χ2n) is 7.54. The topological polar surface area (TPSA) is 43.7 Å². The highest BCUT2D eigenvalue weighted by molar-refractivity contribution is 7.99. The van der Waals surface area contributed by atoms with Crippen LogP contribution in [0.15, 0.2) is 81.9 Å². The first-order valence-corrected chi connectivity index (χ1v) is 11.2. The zero-order valence-corrected chi connectivity index (χ0v) is 18.3. The lowest BCUT2D eigenvalue weighted by molar-refractivity contribution is 0.0852. The van der Waals surface area contributed by atoms with Crippen molar-refractivity contribution in [1.29, 1.82) is 0 Å². The molecule has 1 fully saturated rings. The quantitative estimate of drug-likeness (QED) is 0.326. The number of ether oxygens (including phenoxy) is 1. The number of benzene rings is 2. The van der Waals surface area contributed by atoms with Crippen LogP contribution in [0.3, 0.4) is 0 Å². The molecular weight excluding hydrogens is 411 g/mol. The van der Waals surface area contributed by atoms with Gasteiger partial charge in [0.15, 0.2) is 0 Å². The summed E-state index contributed by atoms with van der Waals surface area (Å²) >= 11 is 1.57. The van der Waals surface area contributed by atoms with Crippen molar-refractivity contribution >= 4 is 17.5 Å². The van der Waals surface area contributed by atoms with Crippen LogP contribution in [0.1, 0.15) is 42.4 Å². The molecule has 0 spiro atoms. The molecule has 0 N–H and O–H groups in total. The number of halogens is 1. The van der Waals surface area contributed by atoms with Crippen LogP contribution < -0.4 is 0 Å². The summed E-state index contributed by atoms with van der Waals surface area (Å²) in [7, 11) is 0. The lowest BCUT2D eigenvalue weighted by atomic mass is 9.92. The van der Waals surface area contributed by atoms with E-state index in [4.69, 9.17) is 9.57 Å². The van der Waals surface area contributed by atoms with Crippen LogP contribution in [0.25, 0.3) is 0 Å². The van der Waals surface area contributed by atoms with Crippen molar-refractivity contribution in [3.8, 4) is 0 Å². The first-order chi connectivity index (χ1) is 15.2. The van der Waals surface area contributed by atoms with Crippen molar-refractivity contribution in [1.82, 2.24) is 4.98 Å². The molecule has 3 aromatic rings. The van der Waals surface area contributed by atoms with Gasteiger partial charge in [-0.05, 0) is 84.8 Å². The second kappa shape index (κ2) is 10.6. The number of aromatic nitrogens is 1. The Morgan fingerprint density at radius 3 is 2.55 bits per heavy atom. The maximum atomic E-state index is 14.2. The molecule has 0 atom stereocenters. The van der Waals surface area contributed by atoms with Gasteiger partial charge in [0, 0.05) is 35.4 Å².